The van der Waals surface area contributed by atoms with Crippen molar-refractivity contribution in [2.24, 2.45) is 0 Å². The van der Waals surface area contributed by atoms with Gasteiger partial charge >= 0.3 is 0 Å². The zero-order valence-electron chi connectivity index (χ0n) is 15.0. The molecule has 5 heteroatoms. The van der Waals surface area contributed by atoms with E-state index in [4.69, 9.17) is 0 Å². The highest BCUT2D eigenvalue weighted by Gasteiger charge is 2.25. The molecule has 1 amide bonds. The summed E-state index contributed by atoms with van der Waals surface area (Å²) in [6, 6.07) is 12.3. The Hall–Kier alpha value is -2.40. The number of amides is 1. The first-order valence-corrected chi connectivity index (χ1v) is 8.79. The lowest BCUT2D eigenvalue weighted by molar-refractivity contribution is -0.129. The molecule has 0 aliphatic carbocycles. The molecule has 2 aromatic rings. The minimum atomic E-state index is 0.214. The number of benzene rings is 1. The Balaban J connectivity index is 1.51. The predicted molar refractivity (Wildman–Crippen MR) is 101 cm³/mol. The minimum absolute atomic E-state index is 0.214. The van der Waals surface area contributed by atoms with Crippen LogP contribution >= 0.6 is 0 Å². The first-order chi connectivity index (χ1) is 12.1. The van der Waals surface area contributed by atoms with Crippen molar-refractivity contribution in [1.29, 1.82) is 0 Å². The summed E-state index contributed by atoms with van der Waals surface area (Å²) < 4.78 is 0. The maximum absolute atomic E-state index is 12.5. The Morgan fingerprint density at radius 2 is 2.08 bits per heavy atom. The second kappa shape index (κ2) is 8.12. The number of nitrogens with zero attached hydrogens (tertiary/aromatic N) is 3. The number of hydrogen-bond donors (Lipinski definition) is 1. The van der Waals surface area contributed by atoms with E-state index in [1.165, 1.54) is 11.3 Å². The topological polar surface area (TPSA) is 48.5 Å². The van der Waals surface area contributed by atoms with Crippen molar-refractivity contribution in [1.82, 2.24) is 15.2 Å². The van der Waals surface area contributed by atoms with Gasteiger partial charge in [-0.1, -0.05) is 30.3 Å². The molecule has 1 fully saturated rings. The fourth-order valence-corrected chi connectivity index (χ4v) is 3.28. The molecular weight excluding hydrogens is 312 g/mol. The minimum Gasteiger partial charge on any atom is -0.377 e. The van der Waals surface area contributed by atoms with Gasteiger partial charge in [-0.2, -0.15) is 0 Å². The third-order valence-electron chi connectivity index (χ3n) is 4.68. The van der Waals surface area contributed by atoms with Gasteiger partial charge in [0.1, 0.15) is 0 Å². The maximum atomic E-state index is 12.5. The molecule has 5 nitrogen and oxygen atoms in total. The van der Waals surface area contributed by atoms with E-state index in [1.807, 2.05) is 67.8 Å². The van der Waals surface area contributed by atoms with Gasteiger partial charge in [0, 0.05) is 63.4 Å². The summed E-state index contributed by atoms with van der Waals surface area (Å²) in [6.45, 7) is 2.38. The SMILES string of the molecule is CN(C)c1ccncc1CNC1CCN(C(=O)Cc2ccccc2)C1. The summed E-state index contributed by atoms with van der Waals surface area (Å²) in [5.74, 6) is 0.214. The summed E-state index contributed by atoms with van der Waals surface area (Å²) in [4.78, 5) is 20.8. The molecule has 1 saturated heterocycles. The van der Waals surface area contributed by atoms with Gasteiger partial charge in [-0.15, -0.1) is 0 Å². The summed E-state index contributed by atoms with van der Waals surface area (Å²) in [6.07, 6.45) is 5.22. The molecular formula is C20H26N4O. The standard InChI is InChI=1S/C20H26N4O/c1-23(2)19-8-10-21-13-17(19)14-22-18-9-11-24(15-18)20(25)12-16-6-4-3-5-7-16/h3-8,10,13,18,22H,9,11-12,14-15H2,1-2H3. The largest absolute Gasteiger partial charge is 0.377 e. The molecule has 1 N–H and O–H groups in total. The van der Waals surface area contributed by atoms with Crippen LogP contribution in [0.1, 0.15) is 17.5 Å². The molecule has 1 aromatic heterocycles. The summed E-state index contributed by atoms with van der Waals surface area (Å²) in [5, 5.41) is 3.58. The average molecular weight is 338 g/mol. The Morgan fingerprint density at radius 3 is 2.84 bits per heavy atom. The number of carbonyl (C=O) groups excluding carboxylic acids is 1. The molecule has 2 heterocycles. The summed E-state index contributed by atoms with van der Waals surface area (Å²) in [7, 11) is 4.08. The van der Waals surface area contributed by atoms with Crippen molar-refractivity contribution < 1.29 is 4.79 Å². The van der Waals surface area contributed by atoms with Crippen LogP contribution in [0.3, 0.4) is 0 Å². The number of anilines is 1. The van der Waals surface area contributed by atoms with Crippen LogP contribution < -0.4 is 10.2 Å². The highest BCUT2D eigenvalue weighted by molar-refractivity contribution is 5.79. The third kappa shape index (κ3) is 4.57. The molecule has 3 rings (SSSR count). The fraction of sp³-hybridized carbons (Fsp3) is 0.400. The number of aromatic nitrogens is 1. The smallest absolute Gasteiger partial charge is 0.227 e. The first-order valence-electron chi connectivity index (χ1n) is 8.79. The zero-order chi connectivity index (χ0) is 17.6. The average Bonchev–Trinajstić information content (AvgIpc) is 3.10. The van der Waals surface area contributed by atoms with Crippen LogP contribution in [0, 0.1) is 0 Å². The lowest BCUT2D eigenvalue weighted by Gasteiger charge is -2.20. The van der Waals surface area contributed by atoms with E-state index < -0.39 is 0 Å². The van der Waals surface area contributed by atoms with Crippen LogP contribution in [0.2, 0.25) is 0 Å². The van der Waals surface area contributed by atoms with Crippen LogP contribution in [-0.2, 0) is 17.8 Å². The molecule has 25 heavy (non-hydrogen) atoms. The molecule has 1 aromatic carbocycles. The lowest BCUT2D eigenvalue weighted by atomic mass is 10.1. The van der Waals surface area contributed by atoms with Crippen molar-refractivity contribution in [2.45, 2.75) is 25.4 Å². The van der Waals surface area contributed by atoms with Gasteiger partial charge in [-0.25, -0.2) is 0 Å². The zero-order valence-corrected chi connectivity index (χ0v) is 15.0. The number of likely N-dealkylation sites (tertiary alicyclic amines) is 1. The van der Waals surface area contributed by atoms with E-state index in [2.05, 4.69) is 15.2 Å². The molecule has 132 valence electrons. The molecule has 0 radical (unpaired) electrons. The van der Waals surface area contributed by atoms with Crippen LogP contribution in [-0.4, -0.2) is 49.0 Å². The van der Waals surface area contributed by atoms with E-state index in [9.17, 15) is 4.79 Å². The quantitative estimate of drug-likeness (QED) is 0.876. The Morgan fingerprint density at radius 1 is 1.28 bits per heavy atom. The van der Waals surface area contributed by atoms with Crippen molar-refractivity contribution in [3.05, 3.63) is 59.9 Å². The normalized spacial score (nSPS) is 16.9. The van der Waals surface area contributed by atoms with Crippen molar-refractivity contribution >= 4 is 11.6 Å². The molecule has 0 saturated carbocycles. The highest BCUT2D eigenvalue weighted by Crippen LogP contribution is 2.18. The third-order valence-corrected chi connectivity index (χ3v) is 4.68. The van der Waals surface area contributed by atoms with Crippen LogP contribution in [0.25, 0.3) is 0 Å². The van der Waals surface area contributed by atoms with Crippen LogP contribution in [0.5, 0.6) is 0 Å². The van der Waals surface area contributed by atoms with Crippen molar-refractivity contribution in [3.8, 4) is 0 Å². The van der Waals surface area contributed by atoms with Gasteiger partial charge in [0.15, 0.2) is 0 Å². The number of nitrogens with one attached hydrogen (secondary N) is 1. The Kier molecular flexibility index (Phi) is 5.66. The molecule has 1 atom stereocenters. The first kappa shape index (κ1) is 17.4. The van der Waals surface area contributed by atoms with E-state index in [-0.39, 0.29) is 5.91 Å². The predicted octanol–water partition coefficient (Wildman–Crippen LogP) is 2.08. The summed E-state index contributed by atoms with van der Waals surface area (Å²) >= 11 is 0. The lowest BCUT2D eigenvalue weighted by Crippen LogP contribution is -2.35. The molecule has 1 aliphatic heterocycles. The van der Waals surface area contributed by atoms with Crippen LogP contribution in [0.4, 0.5) is 5.69 Å². The van der Waals surface area contributed by atoms with E-state index in [0.717, 1.165) is 31.6 Å². The molecule has 1 unspecified atom stereocenters. The van der Waals surface area contributed by atoms with Gasteiger partial charge in [-0.05, 0) is 18.1 Å². The van der Waals surface area contributed by atoms with Gasteiger partial charge in [0.25, 0.3) is 0 Å². The van der Waals surface area contributed by atoms with Gasteiger partial charge in [-0.3, -0.25) is 9.78 Å². The Bertz CT molecular complexity index is 702. The monoisotopic (exact) mass is 338 g/mol. The molecule has 0 spiro atoms. The van der Waals surface area contributed by atoms with Gasteiger partial charge in [0.2, 0.25) is 5.91 Å². The van der Waals surface area contributed by atoms with Gasteiger partial charge < -0.3 is 15.1 Å². The maximum Gasteiger partial charge on any atom is 0.227 e. The molecule has 1 aliphatic rings. The second-order valence-corrected chi connectivity index (χ2v) is 6.77. The molecule has 0 bridgehead atoms. The van der Waals surface area contributed by atoms with E-state index in [1.54, 1.807) is 0 Å². The van der Waals surface area contributed by atoms with Crippen molar-refractivity contribution in [3.63, 3.8) is 0 Å². The number of hydrogen-bond acceptors (Lipinski definition) is 4. The number of carbonyl (C=O) groups is 1. The number of pyridine rings is 1. The second-order valence-electron chi connectivity index (χ2n) is 6.77. The Labute approximate surface area is 149 Å². The fourth-order valence-electron chi connectivity index (χ4n) is 3.28. The van der Waals surface area contributed by atoms with Crippen LogP contribution in [0.15, 0.2) is 48.8 Å². The van der Waals surface area contributed by atoms with E-state index >= 15 is 0 Å². The van der Waals surface area contributed by atoms with E-state index in [0.29, 0.717) is 12.5 Å². The number of rotatable bonds is 6. The van der Waals surface area contributed by atoms with Gasteiger partial charge in [0.05, 0.1) is 6.42 Å². The summed E-state index contributed by atoms with van der Waals surface area (Å²) in [5.41, 5.74) is 3.44. The highest BCUT2D eigenvalue weighted by atomic mass is 16.2. The van der Waals surface area contributed by atoms with Crippen molar-refractivity contribution in [2.75, 3.05) is 32.1 Å².